The van der Waals surface area contributed by atoms with E-state index < -0.39 is 0 Å². The van der Waals surface area contributed by atoms with E-state index in [1.54, 1.807) is 6.34 Å². The van der Waals surface area contributed by atoms with E-state index in [1.165, 1.54) is 0 Å². The summed E-state index contributed by atoms with van der Waals surface area (Å²) in [5.41, 5.74) is 7.51. The van der Waals surface area contributed by atoms with Crippen molar-refractivity contribution in [2.75, 3.05) is 19.8 Å². The average Bonchev–Trinajstić information content (AvgIpc) is 3.16. The van der Waals surface area contributed by atoms with Crippen molar-refractivity contribution in [1.29, 1.82) is 0 Å². The zero-order valence-corrected chi connectivity index (χ0v) is 17.3. The number of aromatic nitrogens is 4. The van der Waals surface area contributed by atoms with E-state index in [2.05, 4.69) is 57.2 Å². The molecule has 0 aliphatic carbocycles. The van der Waals surface area contributed by atoms with Crippen LogP contribution in [-0.2, 0) is 0 Å². The number of aromatic amines is 2. The Labute approximate surface area is 166 Å². The lowest BCUT2D eigenvalue weighted by Crippen LogP contribution is -2.06. The Kier molecular flexibility index (Phi) is 5.58. The summed E-state index contributed by atoms with van der Waals surface area (Å²) >= 11 is 6.76. The van der Waals surface area contributed by atoms with Gasteiger partial charge in [-0.1, -0.05) is 31.9 Å². The molecule has 7 nitrogen and oxygen atoms in total. The van der Waals surface area contributed by atoms with Crippen LogP contribution in [0.2, 0.25) is 0 Å². The van der Waals surface area contributed by atoms with Gasteiger partial charge in [-0.25, -0.2) is 4.99 Å². The van der Waals surface area contributed by atoms with Gasteiger partial charge in [0.25, 0.3) is 0 Å². The molecule has 134 valence electrons. The average molecular weight is 479 g/mol. The molecule has 0 saturated carbocycles. The van der Waals surface area contributed by atoms with Gasteiger partial charge in [-0.2, -0.15) is 10.2 Å². The molecule has 0 aliphatic heterocycles. The number of rotatable bonds is 2. The molecule has 9 heteroatoms. The highest BCUT2D eigenvalue weighted by molar-refractivity contribution is 9.10. The monoisotopic (exact) mass is 477 g/mol. The second kappa shape index (κ2) is 7.88. The third-order valence-electron chi connectivity index (χ3n) is 3.47. The summed E-state index contributed by atoms with van der Waals surface area (Å²) in [6.07, 6.45) is 1.73. The predicted octanol–water partition coefficient (Wildman–Crippen LogP) is 4.45. The van der Waals surface area contributed by atoms with Crippen LogP contribution in [0, 0.1) is 0 Å². The first kappa shape index (κ1) is 18.4. The van der Waals surface area contributed by atoms with Crippen LogP contribution in [0.15, 0.2) is 50.3 Å². The summed E-state index contributed by atoms with van der Waals surface area (Å²) in [7, 11) is 3.85. The van der Waals surface area contributed by atoms with Gasteiger partial charge in [-0.15, -0.1) is 0 Å². The minimum absolute atomic E-state index is 0.549. The smallest absolute Gasteiger partial charge is 0.182 e. The molecular formula is C17H17Br2N7. The molecule has 26 heavy (non-hydrogen) atoms. The number of nitrogens with one attached hydrogen (secondary N) is 2. The number of aliphatic imine (C=N–C) groups is 1. The molecule has 2 aromatic carbocycles. The van der Waals surface area contributed by atoms with Gasteiger partial charge >= 0.3 is 0 Å². The van der Waals surface area contributed by atoms with Gasteiger partial charge in [0.15, 0.2) is 11.6 Å². The maximum Gasteiger partial charge on any atom is 0.182 e. The predicted molar refractivity (Wildman–Crippen MR) is 114 cm³/mol. The maximum absolute atomic E-state index is 5.57. The van der Waals surface area contributed by atoms with Gasteiger partial charge in [-0.05, 0) is 36.4 Å². The lowest BCUT2D eigenvalue weighted by atomic mass is 10.2. The second-order valence-corrected chi connectivity index (χ2v) is 7.58. The van der Waals surface area contributed by atoms with Gasteiger partial charge in [0.1, 0.15) is 0 Å². The van der Waals surface area contributed by atoms with Crippen molar-refractivity contribution in [3.05, 3.63) is 45.3 Å². The summed E-state index contributed by atoms with van der Waals surface area (Å²) in [6, 6.07) is 11.8. The van der Waals surface area contributed by atoms with Crippen LogP contribution in [0.25, 0.3) is 21.8 Å². The van der Waals surface area contributed by atoms with Gasteiger partial charge in [0.2, 0.25) is 0 Å². The summed E-state index contributed by atoms with van der Waals surface area (Å²) in [5.74, 6) is 1.26. The number of halogens is 2. The molecule has 0 amide bonds. The number of hydrogen-bond acceptors (Lipinski definition) is 4. The summed E-state index contributed by atoms with van der Waals surface area (Å²) in [5, 5.41) is 15.8. The zero-order valence-electron chi connectivity index (χ0n) is 14.2. The molecule has 0 radical (unpaired) electrons. The molecular weight excluding hydrogens is 462 g/mol. The van der Waals surface area contributed by atoms with Crippen LogP contribution in [0.5, 0.6) is 0 Å². The van der Waals surface area contributed by atoms with Crippen molar-refractivity contribution in [3.8, 4) is 0 Å². The fourth-order valence-electron chi connectivity index (χ4n) is 2.26. The van der Waals surface area contributed by atoms with Crippen molar-refractivity contribution in [1.82, 2.24) is 25.3 Å². The number of anilines is 1. The van der Waals surface area contributed by atoms with E-state index in [-0.39, 0.29) is 0 Å². The molecule has 0 saturated heterocycles. The number of nitrogens with zero attached hydrogens (tertiary/aromatic N) is 4. The van der Waals surface area contributed by atoms with Crippen LogP contribution in [-0.4, -0.2) is 45.7 Å². The normalized spacial score (nSPS) is 11.1. The third kappa shape index (κ3) is 4.23. The Bertz CT molecular complexity index is 1070. The largest absolute Gasteiger partial charge is 0.382 e. The highest BCUT2D eigenvalue weighted by Gasteiger charge is 2.03. The molecule has 2 aromatic heterocycles. The Morgan fingerprint density at radius 1 is 0.962 bits per heavy atom. The van der Waals surface area contributed by atoms with Crippen molar-refractivity contribution in [3.63, 3.8) is 0 Å². The van der Waals surface area contributed by atoms with Gasteiger partial charge in [-0.3, -0.25) is 10.2 Å². The van der Waals surface area contributed by atoms with E-state index in [1.807, 2.05) is 55.4 Å². The van der Waals surface area contributed by atoms with Crippen LogP contribution in [0.3, 0.4) is 0 Å². The molecule has 4 N–H and O–H groups in total. The minimum Gasteiger partial charge on any atom is -0.382 e. The van der Waals surface area contributed by atoms with Crippen molar-refractivity contribution < 1.29 is 0 Å². The first-order valence-corrected chi connectivity index (χ1v) is 9.26. The number of nitrogen functional groups attached to an aromatic ring is 1. The highest BCUT2D eigenvalue weighted by Crippen LogP contribution is 2.25. The van der Waals surface area contributed by atoms with E-state index in [0.29, 0.717) is 11.6 Å². The summed E-state index contributed by atoms with van der Waals surface area (Å²) in [4.78, 5) is 6.14. The minimum atomic E-state index is 0.549. The Morgan fingerprint density at radius 3 is 2.19 bits per heavy atom. The standard InChI is InChI=1S/C10H11BrN4.C7H6BrN3/c1-15(2)6-12-10-8-4-3-7(11)5-9(8)13-14-10;8-4-1-2-5-6(3-4)10-11-7(5)9/h3-6H,1-2H3,(H,13,14);1-3H,(H3,9,10,11). The molecule has 0 atom stereocenters. The van der Waals surface area contributed by atoms with Crippen LogP contribution >= 0.6 is 31.9 Å². The topological polar surface area (TPSA) is 99.0 Å². The van der Waals surface area contributed by atoms with Crippen LogP contribution in [0.4, 0.5) is 11.6 Å². The fraction of sp³-hybridized carbons (Fsp3) is 0.118. The molecule has 2 heterocycles. The SMILES string of the molecule is CN(C)C=Nc1n[nH]c2cc(Br)ccc12.Nc1n[nH]c2cc(Br)ccc12. The van der Waals surface area contributed by atoms with Crippen molar-refractivity contribution in [2.24, 2.45) is 4.99 Å². The highest BCUT2D eigenvalue weighted by atomic mass is 79.9. The Hall–Kier alpha value is -2.39. The summed E-state index contributed by atoms with van der Waals surface area (Å²) in [6.45, 7) is 0. The molecule has 0 fully saturated rings. The number of H-pyrrole nitrogens is 2. The third-order valence-corrected chi connectivity index (χ3v) is 4.46. The van der Waals surface area contributed by atoms with Gasteiger partial charge in [0, 0.05) is 33.8 Å². The Balaban J connectivity index is 0.000000158. The molecule has 0 aliphatic rings. The maximum atomic E-state index is 5.57. The van der Waals surface area contributed by atoms with Gasteiger partial charge in [0.05, 0.1) is 17.4 Å². The first-order valence-electron chi connectivity index (χ1n) is 7.67. The van der Waals surface area contributed by atoms with Crippen molar-refractivity contribution in [2.45, 2.75) is 0 Å². The van der Waals surface area contributed by atoms with E-state index in [9.17, 15) is 0 Å². The quantitative estimate of drug-likeness (QED) is 0.292. The molecule has 0 unspecified atom stereocenters. The summed E-state index contributed by atoms with van der Waals surface area (Å²) < 4.78 is 2.05. The van der Waals surface area contributed by atoms with E-state index >= 15 is 0 Å². The van der Waals surface area contributed by atoms with Crippen LogP contribution in [0.1, 0.15) is 0 Å². The van der Waals surface area contributed by atoms with E-state index in [4.69, 9.17) is 5.73 Å². The number of benzene rings is 2. The lowest BCUT2D eigenvalue weighted by Gasteiger charge is -2.00. The zero-order chi connectivity index (χ0) is 18.7. The molecule has 0 spiro atoms. The lowest BCUT2D eigenvalue weighted by molar-refractivity contribution is 0.643. The number of hydrogen-bond donors (Lipinski definition) is 3. The Morgan fingerprint density at radius 2 is 1.54 bits per heavy atom. The van der Waals surface area contributed by atoms with Crippen LogP contribution < -0.4 is 5.73 Å². The molecule has 0 bridgehead atoms. The molecule has 4 rings (SSSR count). The number of fused-ring (bicyclic) bond motifs is 2. The number of nitrogens with two attached hydrogens (primary N) is 1. The van der Waals surface area contributed by atoms with E-state index in [0.717, 1.165) is 30.8 Å². The van der Waals surface area contributed by atoms with Gasteiger partial charge < -0.3 is 10.6 Å². The first-order chi connectivity index (χ1) is 12.4. The molecule has 4 aromatic rings. The van der Waals surface area contributed by atoms with Crippen molar-refractivity contribution >= 4 is 71.6 Å². The second-order valence-electron chi connectivity index (χ2n) is 5.74. The fourth-order valence-corrected chi connectivity index (χ4v) is 2.98.